The van der Waals surface area contributed by atoms with Gasteiger partial charge in [0.05, 0.1) is 22.6 Å². The zero-order valence-electron chi connectivity index (χ0n) is 15.0. The lowest BCUT2D eigenvalue weighted by Crippen LogP contribution is -2.50. The summed E-state index contributed by atoms with van der Waals surface area (Å²) in [5.41, 5.74) is 1.03. The summed E-state index contributed by atoms with van der Waals surface area (Å²) < 4.78 is 0. The molecular formula is C19H21Cl3N4O. The summed E-state index contributed by atoms with van der Waals surface area (Å²) in [6.07, 6.45) is 1.60. The van der Waals surface area contributed by atoms with Crippen LogP contribution in [0.5, 0.6) is 0 Å². The lowest BCUT2D eigenvalue weighted by Gasteiger charge is -2.35. The second-order valence-electron chi connectivity index (χ2n) is 6.56. The Bertz CT molecular complexity index is 792. The Balaban J connectivity index is 1.48. The minimum absolute atomic E-state index is 0.00792. The predicted octanol–water partition coefficient (Wildman–Crippen LogP) is 4.04. The third-order valence-electron chi connectivity index (χ3n) is 4.57. The summed E-state index contributed by atoms with van der Waals surface area (Å²) in [6, 6.07) is 9.14. The first kappa shape index (κ1) is 20.2. The van der Waals surface area contributed by atoms with E-state index >= 15 is 0 Å². The number of carbonyl (C=O) groups excluding carboxylic acids is 1. The fourth-order valence-corrected chi connectivity index (χ4v) is 3.71. The van der Waals surface area contributed by atoms with E-state index in [1.165, 1.54) is 0 Å². The average molecular weight is 428 g/mol. The van der Waals surface area contributed by atoms with Gasteiger partial charge in [-0.05, 0) is 30.7 Å². The first-order valence-electron chi connectivity index (χ1n) is 8.75. The second-order valence-corrected chi connectivity index (χ2v) is 7.84. The minimum atomic E-state index is -0.0619. The molecule has 1 N–H and O–H groups in total. The van der Waals surface area contributed by atoms with Crippen LogP contribution in [0, 0.1) is 0 Å². The molecule has 2 aromatic rings. The average Bonchev–Trinajstić information content (AvgIpc) is 2.63. The molecule has 0 aliphatic carbocycles. The van der Waals surface area contributed by atoms with Gasteiger partial charge in [-0.25, -0.2) is 4.98 Å². The van der Waals surface area contributed by atoms with Gasteiger partial charge in [0.2, 0.25) is 5.91 Å². The molecule has 1 atom stereocenters. The van der Waals surface area contributed by atoms with Crippen LogP contribution in [0.15, 0.2) is 36.5 Å². The molecule has 0 radical (unpaired) electrons. The third kappa shape index (κ3) is 5.48. The van der Waals surface area contributed by atoms with Gasteiger partial charge in [-0.2, -0.15) is 0 Å². The van der Waals surface area contributed by atoms with Crippen LogP contribution >= 0.6 is 34.8 Å². The third-order valence-corrected chi connectivity index (χ3v) is 5.31. The first-order valence-corrected chi connectivity index (χ1v) is 9.89. The molecule has 2 heterocycles. The van der Waals surface area contributed by atoms with Crippen molar-refractivity contribution in [1.82, 2.24) is 15.2 Å². The van der Waals surface area contributed by atoms with E-state index in [9.17, 15) is 4.79 Å². The van der Waals surface area contributed by atoms with E-state index in [0.29, 0.717) is 21.6 Å². The number of piperazine rings is 1. The van der Waals surface area contributed by atoms with Crippen molar-refractivity contribution in [3.05, 3.63) is 57.2 Å². The van der Waals surface area contributed by atoms with Crippen LogP contribution in [0.25, 0.3) is 0 Å². The second kappa shape index (κ2) is 9.11. The normalized spacial score (nSPS) is 16.2. The Labute approximate surface area is 174 Å². The number of nitrogens with zero attached hydrogens (tertiary/aromatic N) is 3. The van der Waals surface area contributed by atoms with E-state index < -0.39 is 0 Å². The van der Waals surface area contributed by atoms with E-state index in [4.69, 9.17) is 34.8 Å². The molecule has 1 aliphatic heterocycles. The number of pyridine rings is 1. The van der Waals surface area contributed by atoms with Gasteiger partial charge < -0.3 is 10.2 Å². The van der Waals surface area contributed by atoms with E-state index in [2.05, 4.69) is 20.1 Å². The van der Waals surface area contributed by atoms with Gasteiger partial charge in [-0.3, -0.25) is 9.69 Å². The van der Waals surface area contributed by atoms with E-state index in [1.807, 2.05) is 31.2 Å². The monoisotopic (exact) mass is 426 g/mol. The van der Waals surface area contributed by atoms with Crippen molar-refractivity contribution in [2.45, 2.75) is 13.0 Å². The van der Waals surface area contributed by atoms with Crippen molar-refractivity contribution in [3.8, 4) is 0 Å². The topological polar surface area (TPSA) is 48.5 Å². The van der Waals surface area contributed by atoms with Crippen LogP contribution in [-0.2, 0) is 4.79 Å². The first-order chi connectivity index (χ1) is 12.9. The van der Waals surface area contributed by atoms with Crippen LogP contribution in [-0.4, -0.2) is 48.5 Å². The fourth-order valence-electron chi connectivity index (χ4n) is 3.08. The maximum atomic E-state index is 12.4. The smallest absolute Gasteiger partial charge is 0.234 e. The molecule has 0 saturated carbocycles. The number of hydrogen-bond donors (Lipinski definition) is 1. The molecular weight excluding hydrogens is 407 g/mol. The quantitative estimate of drug-likeness (QED) is 0.782. The van der Waals surface area contributed by atoms with Crippen molar-refractivity contribution in [2.24, 2.45) is 0 Å². The zero-order valence-corrected chi connectivity index (χ0v) is 17.2. The van der Waals surface area contributed by atoms with Gasteiger partial charge in [0.15, 0.2) is 0 Å². The molecule has 144 valence electrons. The maximum absolute atomic E-state index is 12.4. The molecule has 8 heteroatoms. The maximum Gasteiger partial charge on any atom is 0.234 e. The molecule has 0 bridgehead atoms. The number of amides is 1. The highest BCUT2D eigenvalue weighted by Crippen LogP contribution is 2.26. The van der Waals surface area contributed by atoms with Gasteiger partial charge in [-0.15, -0.1) is 0 Å². The number of halogens is 3. The minimum Gasteiger partial charge on any atom is -0.353 e. The van der Waals surface area contributed by atoms with Gasteiger partial charge in [-0.1, -0.05) is 46.9 Å². The van der Waals surface area contributed by atoms with Crippen molar-refractivity contribution in [2.75, 3.05) is 37.6 Å². The number of benzene rings is 1. The Kier molecular flexibility index (Phi) is 6.82. The molecule has 5 nitrogen and oxygen atoms in total. The van der Waals surface area contributed by atoms with Crippen molar-refractivity contribution < 1.29 is 4.79 Å². The highest BCUT2D eigenvalue weighted by Gasteiger charge is 2.22. The predicted molar refractivity (Wildman–Crippen MR) is 111 cm³/mol. The molecule has 1 unspecified atom stereocenters. The molecule has 3 rings (SSSR count). The Hall–Kier alpha value is -1.53. The molecule has 27 heavy (non-hydrogen) atoms. The van der Waals surface area contributed by atoms with Gasteiger partial charge >= 0.3 is 0 Å². The zero-order chi connectivity index (χ0) is 19.4. The summed E-state index contributed by atoms with van der Waals surface area (Å²) in [5, 5.41) is 4.79. The van der Waals surface area contributed by atoms with Crippen LogP contribution in [0.2, 0.25) is 15.1 Å². The fraction of sp³-hybridized carbons (Fsp3) is 0.368. The number of nitrogens with one attached hydrogen (secondary N) is 1. The van der Waals surface area contributed by atoms with E-state index in [1.54, 1.807) is 12.3 Å². The summed E-state index contributed by atoms with van der Waals surface area (Å²) >= 11 is 18.0. The number of aromatic nitrogens is 1. The number of rotatable bonds is 5. The molecule has 1 aromatic heterocycles. The summed E-state index contributed by atoms with van der Waals surface area (Å²) in [4.78, 5) is 20.9. The van der Waals surface area contributed by atoms with Gasteiger partial charge in [0.25, 0.3) is 0 Å². The highest BCUT2D eigenvalue weighted by molar-refractivity contribution is 6.36. The summed E-state index contributed by atoms with van der Waals surface area (Å²) in [5.74, 6) is 0.745. The lowest BCUT2D eigenvalue weighted by atomic mass is 10.1. The number of carbonyl (C=O) groups is 1. The van der Waals surface area contributed by atoms with E-state index in [0.717, 1.165) is 37.6 Å². The number of anilines is 1. The van der Waals surface area contributed by atoms with Crippen molar-refractivity contribution in [3.63, 3.8) is 0 Å². The standard InChI is InChI=1S/C19H21Cl3N4O/c1-13(14-2-4-15(20)5-3-14)24-18(27)12-25-6-8-26(9-7-25)19-17(22)10-16(21)11-23-19/h2-5,10-11,13H,6-9,12H2,1H3,(H,24,27). The van der Waals surface area contributed by atoms with Crippen molar-refractivity contribution in [1.29, 1.82) is 0 Å². The van der Waals surface area contributed by atoms with Crippen LogP contribution in [0.3, 0.4) is 0 Å². The van der Waals surface area contributed by atoms with E-state index in [-0.39, 0.29) is 11.9 Å². The van der Waals surface area contributed by atoms with Crippen molar-refractivity contribution >= 4 is 46.5 Å². The van der Waals surface area contributed by atoms with Gasteiger partial charge in [0.1, 0.15) is 5.82 Å². The molecule has 0 spiro atoms. The molecule has 1 aromatic carbocycles. The summed E-state index contributed by atoms with van der Waals surface area (Å²) in [7, 11) is 0. The Morgan fingerprint density at radius 2 is 1.78 bits per heavy atom. The molecule has 1 saturated heterocycles. The molecule has 1 aliphatic rings. The SMILES string of the molecule is CC(NC(=O)CN1CCN(c2ncc(Cl)cc2Cl)CC1)c1ccc(Cl)cc1. The van der Waals surface area contributed by atoms with Crippen LogP contribution < -0.4 is 10.2 Å². The molecule has 1 fully saturated rings. The highest BCUT2D eigenvalue weighted by atomic mass is 35.5. The Morgan fingerprint density at radius 1 is 1.11 bits per heavy atom. The van der Waals surface area contributed by atoms with Gasteiger partial charge in [0, 0.05) is 37.4 Å². The number of hydrogen-bond acceptors (Lipinski definition) is 4. The molecule has 1 amide bonds. The largest absolute Gasteiger partial charge is 0.353 e. The summed E-state index contributed by atoms with van der Waals surface area (Å²) in [6.45, 7) is 5.39. The Morgan fingerprint density at radius 3 is 2.41 bits per heavy atom. The lowest BCUT2D eigenvalue weighted by molar-refractivity contribution is -0.123. The van der Waals surface area contributed by atoms with Crippen LogP contribution in [0.4, 0.5) is 5.82 Å². The van der Waals surface area contributed by atoms with Crippen LogP contribution in [0.1, 0.15) is 18.5 Å².